The largest absolute Gasteiger partial charge is 0.479 e. The fraction of sp³-hybridized carbons (Fsp3) is 0.429. The molecule has 0 aliphatic carbocycles. The number of piperidine rings is 1. The smallest absolute Gasteiger partial charge is 0.330 e. The minimum absolute atomic E-state index is 0.240. The van der Waals surface area contributed by atoms with Gasteiger partial charge in [-0.15, -0.1) is 0 Å². The molecule has 2 atom stereocenters. The Kier molecular flexibility index (Phi) is 4.52. The first kappa shape index (κ1) is 13.5. The Labute approximate surface area is 112 Å². The average molecular weight is 262 g/mol. The van der Waals surface area contributed by atoms with E-state index in [0.29, 0.717) is 5.56 Å². The zero-order chi connectivity index (χ0) is 13.7. The zero-order valence-corrected chi connectivity index (χ0v) is 10.6. The summed E-state index contributed by atoms with van der Waals surface area (Å²) in [6.45, 7) is 0.807. The van der Waals surface area contributed by atoms with E-state index in [9.17, 15) is 14.7 Å². The molecule has 5 nitrogen and oxygen atoms in total. The van der Waals surface area contributed by atoms with Crippen LogP contribution in [-0.2, 0) is 9.59 Å². The van der Waals surface area contributed by atoms with Crippen molar-refractivity contribution in [2.45, 2.75) is 31.3 Å². The van der Waals surface area contributed by atoms with Crippen LogP contribution in [0, 0.1) is 0 Å². The maximum Gasteiger partial charge on any atom is 0.330 e. The minimum Gasteiger partial charge on any atom is -0.479 e. The summed E-state index contributed by atoms with van der Waals surface area (Å²) in [7, 11) is 0. The fourth-order valence-corrected chi connectivity index (χ4v) is 2.25. The van der Waals surface area contributed by atoms with E-state index >= 15 is 0 Å². The van der Waals surface area contributed by atoms with Crippen molar-refractivity contribution in [1.29, 1.82) is 0 Å². The van der Waals surface area contributed by atoms with Gasteiger partial charge in [0, 0.05) is 0 Å². The molecular formula is C14H18N2O3. The summed E-state index contributed by atoms with van der Waals surface area (Å²) < 4.78 is 0. The Morgan fingerprint density at radius 1 is 1.26 bits per heavy atom. The number of carbonyl (C=O) groups is 2. The van der Waals surface area contributed by atoms with Gasteiger partial charge in [0.2, 0.25) is 5.91 Å². The lowest BCUT2D eigenvalue weighted by atomic mass is 10.0. The highest BCUT2D eigenvalue weighted by atomic mass is 16.4. The monoisotopic (exact) mass is 262 g/mol. The summed E-state index contributed by atoms with van der Waals surface area (Å²) in [6, 6.07) is 7.47. The van der Waals surface area contributed by atoms with E-state index in [4.69, 9.17) is 0 Å². The second kappa shape index (κ2) is 6.33. The van der Waals surface area contributed by atoms with Crippen molar-refractivity contribution in [2.24, 2.45) is 0 Å². The number of carboxylic acids is 1. The zero-order valence-electron chi connectivity index (χ0n) is 10.6. The quantitative estimate of drug-likeness (QED) is 0.758. The van der Waals surface area contributed by atoms with Gasteiger partial charge in [0.1, 0.15) is 0 Å². The van der Waals surface area contributed by atoms with Crippen LogP contribution in [0.1, 0.15) is 30.9 Å². The highest BCUT2D eigenvalue weighted by molar-refractivity contribution is 5.87. The molecule has 102 valence electrons. The number of carbonyl (C=O) groups excluding carboxylic acids is 1. The van der Waals surface area contributed by atoms with Crippen LogP contribution < -0.4 is 10.6 Å². The third-order valence-corrected chi connectivity index (χ3v) is 3.29. The molecule has 1 aromatic rings. The van der Waals surface area contributed by atoms with Crippen LogP contribution in [0.3, 0.4) is 0 Å². The number of benzene rings is 1. The molecule has 1 fully saturated rings. The van der Waals surface area contributed by atoms with Crippen LogP contribution >= 0.6 is 0 Å². The lowest BCUT2D eigenvalue weighted by molar-refractivity contribution is -0.142. The molecule has 3 N–H and O–H groups in total. The van der Waals surface area contributed by atoms with Crippen molar-refractivity contribution in [1.82, 2.24) is 10.6 Å². The van der Waals surface area contributed by atoms with Crippen LogP contribution in [0.25, 0.3) is 0 Å². The predicted octanol–water partition coefficient (Wildman–Crippen LogP) is 1.07. The van der Waals surface area contributed by atoms with Gasteiger partial charge < -0.3 is 15.7 Å². The average Bonchev–Trinajstić information content (AvgIpc) is 2.46. The second-order valence-corrected chi connectivity index (χ2v) is 4.69. The van der Waals surface area contributed by atoms with E-state index in [1.165, 1.54) is 0 Å². The first-order chi connectivity index (χ1) is 9.18. The Morgan fingerprint density at radius 2 is 2.00 bits per heavy atom. The highest BCUT2D eigenvalue weighted by Gasteiger charge is 2.27. The van der Waals surface area contributed by atoms with Crippen LogP contribution in [-0.4, -0.2) is 29.6 Å². The Bertz CT molecular complexity index is 441. The van der Waals surface area contributed by atoms with Gasteiger partial charge in [0.25, 0.3) is 0 Å². The predicted molar refractivity (Wildman–Crippen MR) is 70.6 cm³/mol. The van der Waals surface area contributed by atoms with Gasteiger partial charge in [0.05, 0.1) is 6.04 Å². The molecule has 1 aliphatic rings. The normalized spacial score (nSPS) is 20.5. The number of nitrogens with one attached hydrogen (secondary N) is 2. The minimum atomic E-state index is -1.05. The summed E-state index contributed by atoms with van der Waals surface area (Å²) in [6.07, 6.45) is 2.81. The molecule has 1 amide bonds. The third kappa shape index (κ3) is 3.54. The van der Waals surface area contributed by atoms with Crippen LogP contribution in [0.2, 0.25) is 0 Å². The van der Waals surface area contributed by atoms with Gasteiger partial charge in [-0.1, -0.05) is 36.8 Å². The maximum absolute atomic E-state index is 12.0. The molecule has 0 saturated carbocycles. The van der Waals surface area contributed by atoms with E-state index in [1.807, 2.05) is 6.07 Å². The fourth-order valence-electron chi connectivity index (χ4n) is 2.25. The number of aliphatic carboxylic acids is 1. The number of amides is 1. The maximum atomic E-state index is 12.0. The molecule has 1 saturated heterocycles. The van der Waals surface area contributed by atoms with Gasteiger partial charge in [0.15, 0.2) is 6.04 Å². The molecule has 0 spiro atoms. The molecular weight excluding hydrogens is 244 g/mol. The molecule has 0 aromatic heterocycles. The molecule has 0 bridgehead atoms. The number of hydrogen-bond donors (Lipinski definition) is 3. The summed E-state index contributed by atoms with van der Waals surface area (Å²) in [4.78, 5) is 23.3. The third-order valence-electron chi connectivity index (χ3n) is 3.29. The van der Waals surface area contributed by atoms with Gasteiger partial charge in [-0.05, 0) is 24.9 Å². The van der Waals surface area contributed by atoms with Crippen molar-refractivity contribution >= 4 is 11.9 Å². The van der Waals surface area contributed by atoms with Gasteiger partial charge >= 0.3 is 5.97 Å². The SMILES string of the molecule is O=C(N[C@@H](C(=O)O)c1ccccc1)[C@@H]1CCCCN1. The van der Waals surface area contributed by atoms with Gasteiger partial charge in [-0.25, -0.2) is 4.79 Å². The lowest BCUT2D eigenvalue weighted by Crippen LogP contribution is -2.48. The van der Waals surface area contributed by atoms with Crippen molar-refractivity contribution in [3.8, 4) is 0 Å². The summed E-state index contributed by atoms with van der Waals surface area (Å²) in [5.41, 5.74) is 0.583. The highest BCUT2D eigenvalue weighted by Crippen LogP contribution is 2.14. The molecule has 2 rings (SSSR count). The lowest BCUT2D eigenvalue weighted by Gasteiger charge is -2.24. The summed E-state index contributed by atoms with van der Waals surface area (Å²) in [5, 5.41) is 14.9. The van der Waals surface area contributed by atoms with Crippen molar-refractivity contribution in [3.05, 3.63) is 35.9 Å². The molecule has 0 radical (unpaired) electrons. The molecule has 1 aliphatic heterocycles. The molecule has 1 heterocycles. The van der Waals surface area contributed by atoms with Gasteiger partial charge in [-0.2, -0.15) is 0 Å². The Balaban J connectivity index is 2.04. The Hall–Kier alpha value is -1.88. The topological polar surface area (TPSA) is 78.4 Å². The van der Waals surface area contributed by atoms with Crippen LogP contribution in [0.4, 0.5) is 0 Å². The summed E-state index contributed by atoms with van der Waals surface area (Å²) in [5.74, 6) is -1.29. The Morgan fingerprint density at radius 3 is 2.58 bits per heavy atom. The van der Waals surface area contributed by atoms with E-state index in [2.05, 4.69) is 10.6 Å². The second-order valence-electron chi connectivity index (χ2n) is 4.69. The molecule has 1 aromatic carbocycles. The molecule has 19 heavy (non-hydrogen) atoms. The molecule has 0 unspecified atom stereocenters. The van der Waals surface area contributed by atoms with Crippen LogP contribution in [0.5, 0.6) is 0 Å². The number of rotatable bonds is 4. The summed E-state index contributed by atoms with van der Waals surface area (Å²) >= 11 is 0. The standard InChI is InChI=1S/C14H18N2O3/c17-13(11-8-4-5-9-15-11)16-12(14(18)19)10-6-2-1-3-7-10/h1-3,6-7,11-12,15H,4-5,8-9H2,(H,16,17)(H,18,19)/t11-,12+/m0/s1. The number of hydrogen-bond acceptors (Lipinski definition) is 3. The van der Waals surface area contributed by atoms with Crippen molar-refractivity contribution < 1.29 is 14.7 Å². The van der Waals surface area contributed by atoms with Crippen LogP contribution in [0.15, 0.2) is 30.3 Å². The molecule has 5 heteroatoms. The van der Waals surface area contributed by atoms with Crippen molar-refractivity contribution in [3.63, 3.8) is 0 Å². The number of carboxylic acid groups (broad SMARTS) is 1. The first-order valence-electron chi connectivity index (χ1n) is 6.50. The van der Waals surface area contributed by atoms with Gasteiger partial charge in [-0.3, -0.25) is 4.79 Å². The van der Waals surface area contributed by atoms with E-state index < -0.39 is 12.0 Å². The van der Waals surface area contributed by atoms with Crippen molar-refractivity contribution in [2.75, 3.05) is 6.54 Å². The van der Waals surface area contributed by atoms with E-state index in [-0.39, 0.29) is 11.9 Å². The first-order valence-corrected chi connectivity index (χ1v) is 6.50. The van der Waals surface area contributed by atoms with E-state index in [0.717, 1.165) is 25.8 Å². The van der Waals surface area contributed by atoms with E-state index in [1.54, 1.807) is 24.3 Å².